The van der Waals surface area contributed by atoms with Gasteiger partial charge in [0.05, 0.1) is 4.90 Å². The fourth-order valence-electron chi connectivity index (χ4n) is 3.57. The topological polar surface area (TPSA) is 68.2 Å². The number of nitrogens with one attached hydrogen (secondary N) is 1. The highest BCUT2D eigenvalue weighted by Crippen LogP contribution is 2.31. The predicted octanol–water partition coefficient (Wildman–Crippen LogP) is 2.69. The molecule has 2 aromatic carbocycles. The largest absolute Gasteiger partial charge is 0.350 e. The van der Waals surface area contributed by atoms with Crippen LogP contribution in [0.5, 0.6) is 0 Å². The van der Waals surface area contributed by atoms with Crippen LogP contribution < -0.4 is 5.32 Å². The zero-order valence-electron chi connectivity index (χ0n) is 14.7. The molecule has 1 N–H and O–H groups in total. The van der Waals surface area contributed by atoms with Crippen LogP contribution in [0.4, 0.5) is 0 Å². The van der Waals surface area contributed by atoms with Gasteiger partial charge in [-0.15, -0.1) is 0 Å². The quantitative estimate of drug-likeness (QED) is 0.773. The monoisotopic (exact) mass is 368 g/mol. The van der Waals surface area contributed by atoms with Crippen LogP contribution in [0.2, 0.25) is 0 Å². The highest BCUT2D eigenvalue weighted by Gasteiger charge is 2.26. The van der Waals surface area contributed by atoms with Crippen molar-refractivity contribution in [2.45, 2.75) is 24.8 Å². The van der Waals surface area contributed by atoms with Crippen molar-refractivity contribution < 1.29 is 13.2 Å². The predicted molar refractivity (Wildman–Crippen MR) is 101 cm³/mol. The van der Waals surface area contributed by atoms with Crippen LogP contribution in [0.15, 0.2) is 47.4 Å². The van der Waals surface area contributed by atoms with Crippen molar-refractivity contribution in [2.24, 2.45) is 0 Å². The maximum atomic E-state index is 12.6. The van der Waals surface area contributed by atoms with Crippen LogP contribution in [0, 0.1) is 6.92 Å². The molecule has 1 aliphatic heterocycles. The first-order valence-corrected chi connectivity index (χ1v) is 10.4. The molecule has 0 spiro atoms. The van der Waals surface area contributed by atoms with Crippen LogP contribution >= 0.6 is 0 Å². The summed E-state index contributed by atoms with van der Waals surface area (Å²) in [5.41, 5.74) is 4.74. The van der Waals surface area contributed by atoms with E-state index < -0.39 is 9.84 Å². The number of aromatic nitrogens is 1. The van der Waals surface area contributed by atoms with E-state index in [0.717, 1.165) is 22.0 Å². The van der Waals surface area contributed by atoms with Crippen molar-refractivity contribution in [1.82, 2.24) is 9.88 Å². The molecule has 3 aromatic rings. The van der Waals surface area contributed by atoms with Gasteiger partial charge in [0.25, 0.3) is 5.91 Å². The van der Waals surface area contributed by atoms with Crippen LogP contribution in [0.3, 0.4) is 0 Å². The fraction of sp³-hybridized carbons (Fsp3) is 0.250. The molecule has 5 nitrogen and oxygen atoms in total. The molecule has 0 saturated carbocycles. The second-order valence-electron chi connectivity index (χ2n) is 6.86. The molecule has 1 aromatic heterocycles. The zero-order valence-corrected chi connectivity index (χ0v) is 15.6. The van der Waals surface area contributed by atoms with Crippen LogP contribution in [-0.2, 0) is 22.8 Å². The van der Waals surface area contributed by atoms with Gasteiger partial charge in [0.2, 0.25) is 0 Å². The Balaban J connectivity index is 1.95. The number of hydrogen-bond acceptors (Lipinski definition) is 3. The summed E-state index contributed by atoms with van der Waals surface area (Å²) >= 11 is 0. The van der Waals surface area contributed by atoms with Gasteiger partial charge in [0.1, 0.15) is 5.69 Å². The van der Waals surface area contributed by atoms with Crippen molar-refractivity contribution in [3.63, 3.8) is 0 Å². The Morgan fingerprint density at radius 2 is 1.85 bits per heavy atom. The summed E-state index contributed by atoms with van der Waals surface area (Å²) in [4.78, 5) is 12.8. The molecule has 1 amide bonds. The van der Waals surface area contributed by atoms with Crippen molar-refractivity contribution >= 4 is 26.6 Å². The average molecular weight is 368 g/mol. The van der Waals surface area contributed by atoms with Crippen molar-refractivity contribution in [1.29, 1.82) is 0 Å². The number of hydrogen-bond donors (Lipinski definition) is 1. The Hall–Kier alpha value is -2.60. The molecule has 1 aliphatic rings. The van der Waals surface area contributed by atoms with Crippen LogP contribution in [-0.4, -0.2) is 31.7 Å². The molecule has 0 bridgehead atoms. The van der Waals surface area contributed by atoms with Gasteiger partial charge in [-0.2, -0.15) is 0 Å². The second kappa shape index (κ2) is 5.99. The molecule has 134 valence electrons. The minimum Gasteiger partial charge on any atom is -0.350 e. The summed E-state index contributed by atoms with van der Waals surface area (Å²) in [6, 6.07) is 13.3. The number of carbonyl (C=O) groups excluding carboxylic acids is 1. The number of nitrogens with zero attached hydrogens (tertiary/aromatic N) is 1. The minimum absolute atomic E-state index is 0.101. The van der Waals surface area contributed by atoms with E-state index in [4.69, 9.17) is 0 Å². The van der Waals surface area contributed by atoms with Gasteiger partial charge in [0, 0.05) is 30.2 Å². The summed E-state index contributed by atoms with van der Waals surface area (Å²) < 4.78 is 25.9. The third kappa shape index (κ3) is 2.80. The average Bonchev–Trinajstić information content (AvgIpc) is 2.91. The molecule has 2 heterocycles. The number of sulfone groups is 1. The molecule has 26 heavy (non-hydrogen) atoms. The minimum atomic E-state index is -3.30. The van der Waals surface area contributed by atoms with Crippen molar-refractivity contribution in [3.8, 4) is 0 Å². The molecule has 0 saturated heterocycles. The zero-order chi connectivity index (χ0) is 18.5. The van der Waals surface area contributed by atoms with E-state index in [2.05, 4.69) is 29.6 Å². The van der Waals surface area contributed by atoms with E-state index in [0.29, 0.717) is 25.2 Å². The normalized spacial score (nSPS) is 14.3. The number of rotatable bonds is 3. The van der Waals surface area contributed by atoms with Crippen LogP contribution in [0.25, 0.3) is 10.9 Å². The summed E-state index contributed by atoms with van der Waals surface area (Å²) in [6.07, 6.45) is 1.91. The summed E-state index contributed by atoms with van der Waals surface area (Å²) in [6.45, 7) is 3.17. The number of fused-ring (bicyclic) bond motifs is 3. The van der Waals surface area contributed by atoms with Crippen molar-refractivity contribution in [2.75, 3.05) is 12.8 Å². The molecule has 0 atom stereocenters. The molecular formula is C20H20N2O3S. The van der Waals surface area contributed by atoms with E-state index in [9.17, 15) is 13.2 Å². The Kier molecular flexibility index (Phi) is 3.88. The summed E-state index contributed by atoms with van der Waals surface area (Å²) in [5.74, 6) is -0.101. The first kappa shape index (κ1) is 16.8. The van der Waals surface area contributed by atoms with E-state index in [1.54, 1.807) is 12.1 Å². The lowest BCUT2D eigenvalue weighted by atomic mass is 10.0. The Bertz CT molecular complexity index is 1130. The molecule has 0 fully saturated rings. The van der Waals surface area contributed by atoms with Gasteiger partial charge >= 0.3 is 0 Å². The van der Waals surface area contributed by atoms with Gasteiger partial charge < -0.3 is 9.88 Å². The molecule has 0 radical (unpaired) electrons. The van der Waals surface area contributed by atoms with Crippen molar-refractivity contribution in [3.05, 3.63) is 64.8 Å². The van der Waals surface area contributed by atoms with Gasteiger partial charge in [0.15, 0.2) is 9.84 Å². The fourth-order valence-corrected chi connectivity index (χ4v) is 4.22. The summed E-state index contributed by atoms with van der Waals surface area (Å²) in [5, 5.41) is 3.75. The van der Waals surface area contributed by atoms with Gasteiger partial charge in [-0.25, -0.2) is 8.42 Å². The second-order valence-corrected chi connectivity index (χ2v) is 8.87. The Morgan fingerprint density at radius 3 is 2.54 bits per heavy atom. The number of aryl methyl sites for hydroxylation is 1. The van der Waals surface area contributed by atoms with Gasteiger partial charge in [-0.3, -0.25) is 4.79 Å². The van der Waals surface area contributed by atoms with E-state index in [1.807, 2.05) is 17.6 Å². The lowest BCUT2D eigenvalue weighted by Gasteiger charge is -2.16. The molecule has 4 rings (SSSR count). The lowest BCUT2D eigenvalue weighted by molar-refractivity contribution is 0.0937. The maximum absolute atomic E-state index is 12.6. The van der Waals surface area contributed by atoms with Gasteiger partial charge in [-0.05, 0) is 42.7 Å². The molecule has 0 unspecified atom stereocenters. The molecule has 0 aliphatic carbocycles. The molecule has 6 heteroatoms. The Labute approximate surface area is 152 Å². The highest BCUT2D eigenvalue weighted by atomic mass is 32.2. The molecular weight excluding hydrogens is 348 g/mol. The van der Waals surface area contributed by atoms with E-state index in [-0.39, 0.29) is 10.8 Å². The summed E-state index contributed by atoms with van der Waals surface area (Å²) in [7, 11) is -3.30. The SMILES string of the molecule is Cc1ccc(Cn2c3c(c4cc(S(C)(=O)=O)ccc42)CCNC3=O)cc1. The number of carbonyl (C=O) groups is 1. The standard InChI is InChI=1S/C20H20N2O3S/c1-13-3-5-14(6-4-13)12-22-18-8-7-15(26(2,24)25)11-17(18)16-9-10-21-20(23)19(16)22/h3-8,11H,9-10,12H2,1-2H3,(H,21,23). The number of amides is 1. The van der Waals surface area contributed by atoms with E-state index in [1.165, 1.54) is 11.8 Å². The first-order chi connectivity index (χ1) is 12.3. The van der Waals surface area contributed by atoms with Gasteiger partial charge in [-0.1, -0.05) is 29.8 Å². The van der Waals surface area contributed by atoms with E-state index >= 15 is 0 Å². The lowest BCUT2D eigenvalue weighted by Crippen LogP contribution is -2.33. The maximum Gasteiger partial charge on any atom is 0.268 e. The first-order valence-electron chi connectivity index (χ1n) is 8.53. The smallest absolute Gasteiger partial charge is 0.268 e. The van der Waals surface area contributed by atoms with Crippen LogP contribution in [0.1, 0.15) is 27.2 Å². The number of benzene rings is 2. The third-order valence-corrected chi connectivity index (χ3v) is 6.02. The Morgan fingerprint density at radius 1 is 1.12 bits per heavy atom. The third-order valence-electron chi connectivity index (χ3n) is 4.90. The highest BCUT2D eigenvalue weighted by molar-refractivity contribution is 7.90.